The van der Waals surface area contributed by atoms with Gasteiger partial charge in [-0.25, -0.2) is 12.8 Å². The first kappa shape index (κ1) is 18.6. The number of nitrogens with two attached hydrogens (primary N) is 1. The van der Waals surface area contributed by atoms with Crippen LogP contribution in [-0.4, -0.2) is 31.4 Å². The summed E-state index contributed by atoms with van der Waals surface area (Å²) in [5, 5.41) is 0.0281. The summed E-state index contributed by atoms with van der Waals surface area (Å²) in [5.74, 6) is -0.623. The van der Waals surface area contributed by atoms with Gasteiger partial charge in [0.1, 0.15) is 10.7 Å². The molecule has 2 unspecified atom stereocenters. The predicted octanol–water partition coefficient (Wildman–Crippen LogP) is 2.79. The quantitative estimate of drug-likeness (QED) is 0.905. The summed E-state index contributed by atoms with van der Waals surface area (Å²) in [6.07, 6.45) is 2.42. The molecule has 1 aliphatic rings. The fourth-order valence-electron chi connectivity index (χ4n) is 2.56. The van der Waals surface area contributed by atoms with Gasteiger partial charge in [0.25, 0.3) is 0 Å². The van der Waals surface area contributed by atoms with Gasteiger partial charge in [0.2, 0.25) is 10.0 Å². The normalized spacial score (nSPS) is 21.6. The van der Waals surface area contributed by atoms with Crippen molar-refractivity contribution in [3.63, 3.8) is 0 Å². The second-order valence-corrected chi connectivity index (χ2v) is 7.38. The fraction of sp³-hybridized carbons (Fsp3) is 0.538. The van der Waals surface area contributed by atoms with E-state index in [9.17, 15) is 12.8 Å². The summed E-state index contributed by atoms with van der Waals surface area (Å²) in [5.41, 5.74) is 5.89. The number of hydrogen-bond acceptors (Lipinski definition) is 3. The number of sulfonamides is 1. The van der Waals surface area contributed by atoms with Gasteiger partial charge < -0.3 is 5.73 Å². The van der Waals surface area contributed by atoms with E-state index in [-0.39, 0.29) is 34.4 Å². The molecule has 1 aliphatic heterocycles. The van der Waals surface area contributed by atoms with Gasteiger partial charge in [0, 0.05) is 18.6 Å². The third-order valence-electron chi connectivity index (χ3n) is 3.59. The zero-order chi connectivity index (χ0) is 14.9. The topological polar surface area (TPSA) is 63.4 Å². The molecule has 0 saturated carbocycles. The highest BCUT2D eigenvalue weighted by molar-refractivity contribution is 7.89. The van der Waals surface area contributed by atoms with Crippen molar-refractivity contribution in [2.75, 3.05) is 6.54 Å². The highest BCUT2D eigenvalue weighted by atomic mass is 35.5. The van der Waals surface area contributed by atoms with Gasteiger partial charge in [-0.2, -0.15) is 4.31 Å². The molecule has 4 nitrogen and oxygen atoms in total. The summed E-state index contributed by atoms with van der Waals surface area (Å²) in [6, 6.07) is 2.81. The highest BCUT2D eigenvalue weighted by Crippen LogP contribution is 2.30. The summed E-state index contributed by atoms with van der Waals surface area (Å²) in [4.78, 5) is -0.188. The molecular weight excluding hydrogens is 338 g/mol. The summed E-state index contributed by atoms with van der Waals surface area (Å²) >= 11 is 5.92. The predicted molar refractivity (Wildman–Crippen MR) is 83.8 cm³/mol. The molecule has 2 N–H and O–H groups in total. The van der Waals surface area contributed by atoms with Crippen molar-refractivity contribution in [2.24, 2.45) is 5.73 Å². The van der Waals surface area contributed by atoms with E-state index >= 15 is 0 Å². The summed E-state index contributed by atoms with van der Waals surface area (Å²) in [6.45, 7) is 2.17. The molecule has 0 aliphatic carbocycles. The summed E-state index contributed by atoms with van der Waals surface area (Å²) < 4.78 is 40.1. The van der Waals surface area contributed by atoms with Crippen LogP contribution in [0, 0.1) is 5.82 Å². The molecule has 1 aromatic rings. The minimum Gasteiger partial charge on any atom is -0.326 e. The largest absolute Gasteiger partial charge is 0.326 e. The number of piperidine rings is 1. The Hall–Kier alpha value is -0.400. The van der Waals surface area contributed by atoms with E-state index in [1.807, 2.05) is 0 Å². The van der Waals surface area contributed by atoms with Crippen LogP contribution in [0.2, 0.25) is 5.02 Å². The van der Waals surface area contributed by atoms with Gasteiger partial charge in [0.15, 0.2) is 0 Å². The highest BCUT2D eigenvalue weighted by Gasteiger charge is 2.36. The van der Waals surface area contributed by atoms with Crippen molar-refractivity contribution in [3.05, 3.63) is 29.0 Å². The van der Waals surface area contributed by atoms with Gasteiger partial charge >= 0.3 is 0 Å². The molecule has 1 aromatic carbocycles. The molecule has 2 atom stereocenters. The smallest absolute Gasteiger partial charge is 0.244 e. The Morgan fingerprint density at radius 2 is 2.10 bits per heavy atom. The van der Waals surface area contributed by atoms with Crippen LogP contribution in [0.1, 0.15) is 26.2 Å². The standard InChI is InChI=1S/C13H18ClFN2O2S.ClH/c1-9(16)12-4-2-3-7-17(12)20(18,19)13-8-10(15)5-6-11(13)14;/h5-6,8-9,12H,2-4,7,16H2,1H3;1H. The molecule has 0 aromatic heterocycles. The first-order valence-corrected chi connectivity index (χ1v) is 8.38. The van der Waals surface area contributed by atoms with E-state index in [1.165, 1.54) is 10.4 Å². The number of hydrogen-bond donors (Lipinski definition) is 1. The van der Waals surface area contributed by atoms with E-state index in [4.69, 9.17) is 17.3 Å². The van der Waals surface area contributed by atoms with Crippen molar-refractivity contribution in [1.29, 1.82) is 0 Å². The van der Waals surface area contributed by atoms with E-state index < -0.39 is 15.8 Å². The van der Waals surface area contributed by atoms with Gasteiger partial charge in [-0.1, -0.05) is 18.0 Å². The Bertz CT molecular complexity index is 596. The number of rotatable bonds is 3. The van der Waals surface area contributed by atoms with Crippen molar-refractivity contribution in [2.45, 2.75) is 43.2 Å². The fourth-order valence-corrected chi connectivity index (χ4v) is 4.82. The Morgan fingerprint density at radius 3 is 2.71 bits per heavy atom. The third-order valence-corrected chi connectivity index (χ3v) is 5.99. The molecule has 0 bridgehead atoms. The third kappa shape index (κ3) is 3.87. The lowest BCUT2D eigenvalue weighted by Gasteiger charge is -2.37. The maximum Gasteiger partial charge on any atom is 0.244 e. The lowest BCUT2D eigenvalue weighted by Crippen LogP contribution is -2.51. The van der Waals surface area contributed by atoms with Gasteiger partial charge in [-0.15, -0.1) is 12.4 Å². The number of nitrogens with zero attached hydrogens (tertiary/aromatic N) is 1. The average molecular weight is 357 g/mol. The molecule has 2 rings (SSSR count). The van der Waals surface area contributed by atoms with E-state index in [1.54, 1.807) is 6.92 Å². The second-order valence-electron chi connectivity index (χ2n) is 5.11. The Kier molecular flexibility index (Phi) is 6.43. The van der Waals surface area contributed by atoms with E-state index in [0.717, 1.165) is 25.0 Å². The molecule has 8 heteroatoms. The SMILES string of the molecule is CC(N)C1CCCCN1S(=O)(=O)c1cc(F)ccc1Cl.Cl. The molecule has 0 amide bonds. The zero-order valence-corrected chi connectivity index (χ0v) is 14.0. The minimum atomic E-state index is -3.83. The maximum atomic E-state index is 13.3. The molecular formula is C13H19Cl2FN2O2S. The Morgan fingerprint density at radius 1 is 1.43 bits per heavy atom. The average Bonchev–Trinajstić information content (AvgIpc) is 2.41. The van der Waals surface area contributed by atoms with Gasteiger partial charge in [0.05, 0.1) is 5.02 Å². The molecule has 0 spiro atoms. The van der Waals surface area contributed by atoms with Crippen molar-refractivity contribution < 1.29 is 12.8 Å². The Labute approximate surface area is 135 Å². The molecule has 0 radical (unpaired) electrons. The Balaban J connectivity index is 0.00000220. The second kappa shape index (κ2) is 7.24. The zero-order valence-electron chi connectivity index (χ0n) is 11.6. The minimum absolute atomic E-state index is 0. The van der Waals surface area contributed by atoms with Crippen molar-refractivity contribution in [1.82, 2.24) is 4.31 Å². The molecule has 1 saturated heterocycles. The van der Waals surface area contributed by atoms with Crippen LogP contribution in [0.3, 0.4) is 0 Å². The van der Waals surface area contributed by atoms with Crippen molar-refractivity contribution >= 4 is 34.0 Å². The van der Waals surface area contributed by atoms with Crippen molar-refractivity contribution in [3.8, 4) is 0 Å². The lowest BCUT2D eigenvalue weighted by molar-refractivity contribution is 0.227. The molecule has 1 heterocycles. The number of benzene rings is 1. The first-order chi connectivity index (χ1) is 9.34. The van der Waals surface area contributed by atoms with Crippen LogP contribution in [0.25, 0.3) is 0 Å². The first-order valence-electron chi connectivity index (χ1n) is 6.56. The van der Waals surface area contributed by atoms with E-state index in [2.05, 4.69) is 0 Å². The monoisotopic (exact) mass is 356 g/mol. The van der Waals surface area contributed by atoms with Crippen LogP contribution in [0.4, 0.5) is 4.39 Å². The van der Waals surface area contributed by atoms with Gasteiger partial charge in [-0.05, 0) is 38.0 Å². The van der Waals surface area contributed by atoms with E-state index in [0.29, 0.717) is 13.0 Å². The number of halogens is 3. The van der Waals surface area contributed by atoms with Crippen LogP contribution in [0.5, 0.6) is 0 Å². The van der Waals surface area contributed by atoms with Crippen LogP contribution in [0.15, 0.2) is 23.1 Å². The lowest BCUT2D eigenvalue weighted by atomic mass is 10.00. The van der Waals surface area contributed by atoms with Crippen LogP contribution < -0.4 is 5.73 Å². The van der Waals surface area contributed by atoms with Gasteiger partial charge in [-0.3, -0.25) is 0 Å². The molecule has 120 valence electrons. The maximum absolute atomic E-state index is 13.3. The summed E-state index contributed by atoms with van der Waals surface area (Å²) in [7, 11) is -3.83. The van der Waals surface area contributed by atoms with Crippen LogP contribution in [-0.2, 0) is 10.0 Å². The molecule has 21 heavy (non-hydrogen) atoms. The van der Waals surface area contributed by atoms with Crippen LogP contribution >= 0.6 is 24.0 Å². The molecule has 1 fully saturated rings.